The maximum absolute atomic E-state index is 11.8. The molecule has 0 spiro atoms. The molecular weight excluding hydrogens is 290 g/mol. The number of aromatic nitrogens is 1. The number of nitrogens with zero attached hydrogens (tertiary/aromatic N) is 1. The van der Waals surface area contributed by atoms with Crippen LogP contribution in [0.25, 0.3) is 10.2 Å². The van der Waals surface area contributed by atoms with E-state index in [0.29, 0.717) is 5.69 Å². The van der Waals surface area contributed by atoms with Gasteiger partial charge in [0.25, 0.3) is 0 Å². The number of rotatable bonds is 5. The van der Waals surface area contributed by atoms with Crippen molar-refractivity contribution in [2.24, 2.45) is 11.8 Å². The summed E-state index contributed by atoms with van der Waals surface area (Å²) in [7, 11) is 0. The quantitative estimate of drug-likeness (QED) is 0.792. The Morgan fingerprint density at radius 2 is 2.14 bits per heavy atom. The van der Waals surface area contributed by atoms with E-state index in [2.05, 4.69) is 15.6 Å². The van der Waals surface area contributed by atoms with Crippen molar-refractivity contribution in [1.82, 2.24) is 10.3 Å². The molecule has 112 valence electrons. The second-order valence-corrected chi connectivity index (χ2v) is 5.94. The molecule has 0 fully saturated rings. The Bertz CT molecular complexity index is 654. The predicted molar refractivity (Wildman–Crippen MR) is 82.6 cm³/mol. The number of urea groups is 1. The topological polar surface area (TPSA) is 91.3 Å². The molecule has 2 rings (SSSR count). The van der Waals surface area contributed by atoms with Gasteiger partial charge in [0.05, 0.1) is 21.6 Å². The lowest BCUT2D eigenvalue weighted by Crippen LogP contribution is -2.37. The smallest absolute Gasteiger partial charge is 0.319 e. The highest BCUT2D eigenvalue weighted by molar-refractivity contribution is 7.16. The molecule has 0 saturated heterocycles. The first-order chi connectivity index (χ1) is 9.97. The summed E-state index contributed by atoms with van der Waals surface area (Å²) in [5.41, 5.74) is 3.28. The Hall–Kier alpha value is -2.15. The van der Waals surface area contributed by atoms with Gasteiger partial charge in [-0.25, -0.2) is 9.78 Å². The minimum absolute atomic E-state index is 0.0451. The van der Waals surface area contributed by atoms with Gasteiger partial charge in [0.15, 0.2) is 0 Å². The molecule has 21 heavy (non-hydrogen) atoms. The van der Waals surface area contributed by atoms with Crippen molar-refractivity contribution in [1.29, 1.82) is 0 Å². The average Bonchev–Trinajstić information content (AvgIpc) is 2.85. The van der Waals surface area contributed by atoms with Crippen LogP contribution in [0, 0.1) is 11.8 Å². The van der Waals surface area contributed by atoms with Crippen LogP contribution in [0.2, 0.25) is 0 Å². The molecule has 0 aliphatic rings. The standard InChI is InChI=1S/C14H17N3O3S/c1-8(2)10(13(18)19)6-15-14(20)17-9-3-4-11-12(5-9)21-7-16-11/h3-5,7-8,10H,6H2,1-2H3,(H,18,19)(H2,15,17,20). The zero-order chi connectivity index (χ0) is 15.4. The largest absolute Gasteiger partial charge is 0.481 e. The van der Waals surface area contributed by atoms with E-state index < -0.39 is 17.9 Å². The van der Waals surface area contributed by atoms with Crippen LogP contribution in [0.1, 0.15) is 13.8 Å². The Morgan fingerprint density at radius 1 is 1.38 bits per heavy atom. The summed E-state index contributed by atoms with van der Waals surface area (Å²) in [4.78, 5) is 27.0. The highest BCUT2D eigenvalue weighted by Gasteiger charge is 2.21. The number of hydrogen-bond acceptors (Lipinski definition) is 4. The van der Waals surface area contributed by atoms with Crippen LogP contribution in [0.3, 0.4) is 0 Å². The maximum atomic E-state index is 11.8. The van der Waals surface area contributed by atoms with Crippen molar-refractivity contribution in [3.63, 3.8) is 0 Å². The first kappa shape index (κ1) is 15.2. The fourth-order valence-corrected chi connectivity index (χ4v) is 2.64. The number of carboxylic acid groups (broad SMARTS) is 1. The van der Waals surface area contributed by atoms with Gasteiger partial charge in [0.1, 0.15) is 0 Å². The molecule has 1 aromatic heterocycles. The van der Waals surface area contributed by atoms with Crippen LogP contribution >= 0.6 is 11.3 Å². The third-order valence-electron chi connectivity index (χ3n) is 3.19. The molecule has 0 aliphatic heterocycles. The van der Waals surface area contributed by atoms with Crippen molar-refractivity contribution >= 4 is 39.2 Å². The number of carbonyl (C=O) groups excluding carboxylic acids is 1. The fourth-order valence-electron chi connectivity index (χ4n) is 1.92. The number of carbonyl (C=O) groups is 2. The van der Waals surface area contributed by atoms with E-state index in [9.17, 15) is 9.59 Å². The number of thiazole rings is 1. The minimum Gasteiger partial charge on any atom is -0.481 e. The Labute approximate surface area is 126 Å². The molecule has 6 nitrogen and oxygen atoms in total. The molecule has 0 aliphatic carbocycles. The summed E-state index contributed by atoms with van der Waals surface area (Å²) in [6.45, 7) is 3.73. The number of nitrogens with one attached hydrogen (secondary N) is 2. The second-order valence-electron chi connectivity index (χ2n) is 5.06. The van der Waals surface area contributed by atoms with Gasteiger partial charge in [-0.1, -0.05) is 13.8 Å². The lowest BCUT2D eigenvalue weighted by atomic mass is 9.96. The molecule has 2 amide bonds. The number of amides is 2. The Balaban J connectivity index is 1.93. The van der Waals surface area contributed by atoms with Gasteiger partial charge in [-0.3, -0.25) is 4.79 Å². The normalized spacial score (nSPS) is 12.3. The van der Waals surface area contributed by atoms with Crippen LogP contribution in [0.4, 0.5) is 10.5 Å². The van der Waals surface area contributed by atoms with Crippen molar-refractivity contribution in [3.05, 3.63) is 23.7 Å². The molecule has 3 N–H and O–H groups in total. The van der Waals surface area contributed by atoms with Gasteiger partial charge in [-0.05, 0) is 24.1 Å². The van der Waals surface area contributed by atoms with Gasteiger partial charge < -0.3 is 15.7 Å². The number of aliphatic carboxylic acids is 1. The molecular formula is C14H17N3O3S. The van der Waals surface area contributed by atoms with Crippen LogP contribution in [0.15, 0.2) is 23.7 Å². The zero-order valence-electron chi connectivity index (χ0n) is 11.8. The van der Waals surface area contributed by atoms with E-state index in [4.69, 9.17) is 5.11 Å². The van der Waals surface area contributed by atoms with Gasteiger partial charge >= 0.3 is 12.0 Å². The summed E-state index contributed by atoms with van der Waals surface area (Å²) >= 11 is 1.49. The van der Waals surface area contributed by atoms with Crippen molar-refractivity contribution in [2.75, 3.05) is 11.9 Å². The lowest BCUT2D eigenvalue weighted by molar-refractivity contribution is -0.142. The van der Waals surface area contributed by atoms with Gasteiger partial charge in [0.2, 0.25) is 0 Å². The molecule has 1 heterocycles. The van der Waals surface area contributed by atoms with Gasteiger partial charge in [-0.15, -0.1) is 11.3 Å². The van der Waals surface area contributed by atoms with E-state index in [1.165, 1.54) is 11.3 Å². The van der Waals surface area contributed by atoms with Gasteiger partial charge in [0, 0.05) is 12.2 Å². The molecule has 1 atom stereocenters. The van der Waals surface area contributed by atoms with Crippen LogP contribution in [0.5, 0.6) is 0 Å². The highest BCUT2D eigenvalue weighted by Crippen LogP contribution is 2.21. The first-order valence-corrected chi connectivity index (χ1v) is 7.46. The van der Waals surface area contributed by atoms with E-state index in [1.807, 2.05) is 26.0 Å². The summed E-state index contributed by atoms with van der Waals surface area (Å²) in [5, 5.41) is 14.3. The lowest BCUT2D eigenvalue weighted by Gasteiger charge is -2.17. The summed E-state index contributed by atoms with van der Waals surface area (Å²) in [5.74, 6) is -1.55. The number of benzene rings is 1. The Kier molecular flexibility index (Phi) is 4.74. The van der Waals surface area contributed by atoms with Crippen LogP contribution in [-0.4, -0.2) is 28.6 Å². The average molecular weight is 307 g/mol. The van der Waals surface area contributed by atoms with E-state index in [1.54, 1.807) is 11.6 Å². The molecule has 1 unspecified atom stereocenters. The minimum atomic E-state index is -0.906. The molecule has 7 heteroatoms. The summed E-state index contributed by atoms with van der Waals surface area (Å²) in [6.07, 6.45) is 0. The number of carboxylic acids is 1. The zero-order valence-corrected chi connectivity index (χ0v) is 12.6. The van der Waals surface area contributed by atoms with Crippen molar-refractivity contribution in [2.45, 2.75) is 13.8 Å². The van der Waals surface area contributed by atoms with E-state index in [-0.39, 0.29) is 12.5 Å². The number of fused-ring (bicyclic) bond motifs is 1. The molecule has 1 aromatic carbocycles. The first-order valence-electron chi connectivity index (χ1n) is 6.58. The van der Waals surface area contributed by atoms with E-state index >= 15 is 0 Å². The van der Waals surface area contributed by atoms with E-state index in [0.717, 1.165) is 10.2 Å². The maximum Gasteiger partial charge on any atom is 0.319 e. The highest BCUT2D eigenvalue weighted by atomic mass is 32.1. The number of hydrogen-bond donors (Lipinski definition) is 3. The predicted octanol–water partition coefficient (Wildman–Crippen LogP) is 2.77. The molecule has 0 radical (unpaired) electrons. The molecule has 0 saturated carbocycles. The fraction of sp³-hybridized carbons (Fsp3) is 0.357. The molecule has 0 bridgehead atoms. The second kappa shape index (κ2) is 6.53. The SMILES string of the molecule is CC(C)C(CNC(=O)Nc1ccc2ncsc2c1)C(=O)O. The van der Waals surface area contributed by atoms with Crippen molar-refractivity contribution in [3.8, 4) is 0 Å². The van der Waals surface area contributed by atoms with Crippen molar-refractivity contribution < 1.29 is 14.7 Å². The van der Waals surface area contributed by atoms with Crippen LogP contribution in [-0.2, 0) is 4.79 Å². The summed E-state index contributed by atoms with van der Waals surface area (Å²) in [6, 6.07) is 5.02. The molecule has 2 aromatic rings. The Morgan fingerprint density at radius 3 is 2.81 bits per heavy atom. The number of anilines is 1. The third kappa shape index (κ3) is 3.91. The van der Waals surface area contributed by atoms with Gasteiger partial charge in [-0.2, -0.15) is 0 Å². The monoisotopic (exact) mass is 307 g/mol. The van der Waals surface area contributed by atoms with Crippen LogP contribution < -0.4 is 10.6 Å². The summed E-state index contributed by atoms with van der Waals surface area (Å²) < 4.78 is 0.985. The third-order valence-corrected chi connectivity index (χ3v) is 3.99.